The summed E-state index contributed by atoms with van der Waals surface area (Å²) in [5, 5.41) is 16.9. The molecule has 1 amide bonds. The molecule has 128 valence electrons. The number of rotatable bonds is 6. The molecule has 0 fully saturated rings. The van der Waals surface area contributed by atoms with Gasteiger partial charge in [0.2, 0.25) is 5.91 Å². The van der Waals surface area contributed by atoms with E-state index < -0.39 is 5.92 Å². The standard InChI is InChI=1S/C18H19N5O2/c1-12-4-3-5-14(10-12)19-18(24)16(17-20-22-23-21-17)11-13-6-8-15(25-2)9-7-13/h3-10,16H,11H2,1-2H3,(H,19,24)(H,20,21,22,23)/t16-/m0/s1. The first-order valence-electron chi connectivity index (χ1n) is 7.89. The van der Waals surface area contributed by atoms with Crippen LogP contribution in [0.5, 0.6) is 5.75 Å². The molecule has 0 bridgehead atoms. The van der Waals surface area contributed by atoms with Crippen molar-refractivity contribution < 1.29 is 9.53 Å². The minimum Gasteiger partial charge on any atom is -0.497 e. The largest absolute Gasteiger partial charge is 0.497 e. The Balaban J connectivity index is 1.80. The summed E-state index contributed by atoms with van der Waals surface area (Å²) < 4.78 is 5.17. The van der Waals surface area contributed by atoms with Crippen molar-refractivity contribution in [1.82, 2.24) is 20.6 Å². The van der Waals surface area contributed by atoms with Gasteiger partial charge in [-0.2, -0.15) is 5.21 Å². The maximum Gasteiger partial charge on any atom is 0.235 e. The Hall–Kier alpha value is -3.22. The monoisotopic (exact) mass is 337 g/mol. The van der Waals surface area contributed by atoms with Crippen LogP contribution in [0, 0.1) is 6.92 Å². The number of nitrogens with one attached hydrogen (secondary N) is 2. The van der Waals surface area contributed by atoms with Gasteiger partial charge in [0.1, 0.15) is 11.7 Å². The number of aryl methyl sites for hydroxylation is 1. The Kier molecular flexibility index (Phi) is 5.03. The average molecular weight is 337 g/mol. The third-order valence-corrected chi connectivity index (χ3v) is 3.87. The summed E-state index contributed by atoms with van der Waals surface area (Å²) in [5.41, 5.74) is 2.80. The lowest BCUT2D eigenvalue weighted by molar-refractivity contribution is -0.117. The van der Waals surface area contributed by atoms with Crippen LogP contribution in [0.1, 0.15) is 22.9 Å². The molecule has 0 unspecified atom stereocenters. The van der Waals surface area contributed by atoms with E-state index in [1.54, 1.807) is 7.11 Å². The van der Waals surface area contributed by atoms with Crippen LogP contribution in [0.4, 0.5) is 5.69 Å². The van der Waals surface area contributed by atoms with E-state index in [0.29, 0.717) is 12.2 Å². The van der Waals surface area contributed by atoms with E-state index in [0.717, 1.165) is 22.6 Å². The van der Waals surface area contributed by atoms with Crippen molar-refractivity contribution in [1.29, 1.82) is 0 Å². The van der Waals surface area contributed by atoms with Gasteiger partial charge in [0, 0.05) is 5.69 Å². The predicted octanol–water partition coefficient (Wildman–Crippen LogP) is 2.48. The number of methoxy groups -OCH3 is 1. The van der Waals surface area contributed by atoms with Gasteiger partial charge < -0.3 is 10.1 Å². The molecule has 3 aromatic rings. The number of hydrogen-bond acceptors (Lipinski definition) is 5. The summed E-state index contributed by atoms with van der Waals surface area (Å²) in [4.78, 5) is 12.8. The number of carbonyl (C=O) groups is 1. The molecular formula is C18H19N5O2. The SMILES string of the molecule is COc1ccc(C[C@H](C(=O)Nc2cccc(C)c2)c2nn[nH]n2)cc1. The molecule has 3 rings (SSSR count). The molecule has 1 atom stereocenters. The highest BCUT2D eigenvalue weighted by molar-refractivity contribution is 5.95. The molecule has 1 aromatic heterocycles. The number of aromatic amines is 1. The minimum atomic E-state index is -0.548. The lowest BCUT2D eigenvalue weighted by Crippen LogP contribution is -2.24. The van der Waals surface area contributed by atoms with E-state index in [1.165, 1.54) is 0 Å². The molecule has 25 heavy (non-hydrogen) atoms. The Morgan fingerprint density at radius 3 is 2.68 bits per heavy atom. The zero-order chi connectivity index (χ0) is 17.6. The number of benzene rings is 2. The maximum absolute atomic E-state index is 12.8. The van der Waals surface area contributed by atoms with Gasteiger partial charge >= 0.3 is 0 Å². The number of nitrogens with zero attached hydrogens (tertiary/aromatic N) is 3. The van der Waals surface area contributed by atoms with Gasteiger partial charge in [0.05, 0.1) is 7.11 Å². The molecular weight excluding hydrogens is 318 g/mol. The van der Waals surface area contributed by atoms with Crippen LogP contribution in [-0.4, -0.2) is 33.6 Å². The molecule has 0 aliphatic carbocycles. The van der Waals surface area contributed by atoms with E-state index in [9.17, 15) is 4.79 Å². The lowest BCUT2D eigenvalue weighted by atomic mass is 9.97. The van der Waals surface area contributed by atoms with Crippen molar-refractivity contribution in [2.75, 3.05) is 12.4 Å². The van der Waals surface area contributed by atoms with Crippen LogP contribution in [0.2, 0.25) is 0 Å². The second-order valence-electron chi connectivity index (χ2n) is 5.73. The fraction of sp³-hybridized carbons (Fsp3) is 0.222. The van der Waals surface area contributed by atoms with Crippen LogP contribution >= 0.6 is 0 Å². The van der Waals surface area contributed by atoms with Crippen molar-refractivity contribution in [3.05, 3.63) is 65.5 Å². The molecule has 0 aliphatic heterocycles. The van der Waals surface area contributed by atoms with E-state index >= 15 is 0 Å². The summed E-state index contributed by atoms with van der Waals surface area (Å²) in [7, 11) is 1.62. The van der Waals surface area contributed by atoms with Gasteiger partial charge in [-0.3, -0.25) is 4.79 Å². The topological polar surface area (TPSA) is 92.8 Å². The van der Waals surface area contributed by atoms with Crippen molar-refractivity contribution in [3.8, 4) is 5.75 Å². The van der Waals surface area contributed by atoms with Crippen LogP contribution in [-0.2, 0) is 11.2 Å². The molecule has 1 heterocycles. The molecule has 2 N–H and O–H groups in total. The van der Waals surface area contributed by atoms with E-state index in [-0.39, 0.29) is 5.91 Å². The summed E-state index contributed by atoms with van der Waals surface area (Å²) in [6, 6.07) is 15.2. The number of amides is 1. The fourth-order valence-electron chi connectivity index (χ4n) is 2.57. The second kappa shape index (κ2) is 7.57. The van der Waals surface area contributed by atoms with Crippen molar-refractivity contribution in [2.24, 2.45) is 0 Å². The van der Waals surface area contributed by atoms with Crippen LogP contribution in [0.3, 0.4) is 0 Å². The zero-order valence-electron chi connectivity index (χ0n) is 14.1. The fourth-order valence-corrected chi connectivity index (χ4v) is 2.57. The molecule has 2 aromatic carbocycles. The lowest BCUT2D eigenvalue weighted by Gasteiger charge is -2.14. The number of carbonyl (C=O) groups excluding carboxylic acids is 1. The number of H-pyrrole nitrogens is 1. The van der Waals surface area contributed by atoms with E-state index in [2.05, 4.69) is 25.9 Å². The Labute approximate surface area is 145 Å². The third kappa shape index (κ3) is 4.20. The van der Waals surface area contributed by atoms with E-state index in [1.807, 2.05) is 55.5 Å². The van der Waals surface area contributed by atoms with Gasteiger partial charge in [-0.05, 0) is 48.7 Å². The number of anilines is 1. The van der Waals surface area contributed by atoms with Gasteiger partial charge in [0.15, 0.2) is 5.82 Å². The van der Waals surface area contributed by atoms with Gasteiger partial charge in [-0.1, -0.05) is 29.5 Å². The minimum absolute atomic E-state index is 0.178. The Bertz CT molecular complexity index is 831. The van der Waals surface area contributed by atoms with Gasteiger partial charge in [-0.15, -0.1) is 10.2 Å². The molecule has 7 heteroatoms. The normalized spacial score (nSPS) is 11.8. The predicted molar refractivity (Wildman–Crippen MR) is 93.4 cm³/mol. The summed E-state index contributed by atoms with van der Waals surface area (Å²) in [6.07, 6.45) is 0.460. The Morgan fingerprint density at radius 2 is 2.04 bits per heavy atom. The number of tetrazole rings is 1. The number of ether oxygens (including phenoxy) is 1. The summed E-state index contributed by atoms with van der Waals surface area (Å²) in [5.74, 6) is 0.403. The van der Waals surface area contributed by atoms with Crippen molar-refractivity contribution in [3.63, 3.8) is 0 Å². The van der Waals surface area contributed by atoms with E-state index in [4.69, 9.17) is 4.74 Å². The third-order valence-electron chi connectivity index (χ3n) is 3.87. The number of aromatic nitrogens is 4. The first-order chi connectivity index (χ1) is 12.2. The molecule has 0 saturated heterocycles. The molecule has 0 spiro atoms. The highest BCUT2D eigenvalue weighted by Gasteiger charge is 2.25. The maximum atomic E-state index is 12.8. The van der Waals surface area contributed by atoms with Crippen molar-refractivity contribution >= 4 is 11.6 Å². The van der Waals surface area contributed by atoms with Gasteiger partial charge in [0.25, 0.3) is 0 Å². The highest BCUT2D eigenvalue weighted by Crippen LogP contribution is 2.22. The van der Waals surface area contributed by atoms with Crippen LogP contribution in [0.15, 0.2) is 48.5 Å². The average Bonchev–Trinajstić information content (AvgIpc) is 3.14. The zero-order valence-corrected chi connectivity index (χ0v) is 14.1. The molecule has 0 radical (unpaired) electrons. The highest BCUT2D eigenvalue weighted by atomic mass is 16.5. The van der Waals surface area contributed by atoms with Crippen molar-refractivity contribution in [2.45, 2.75) is 19.3 Å². The first-order valence-corrected chi connectivity index (χ1v) is 7.89. The first kappa shape index (κ1) is 16.6. The van der Waals surface area contributed by atoms with Crippen LogP contribution in [0.25, 0.3) is 0 Å². The smallest absolute Gasteiger partial charge is 0.235 e. The molecule has 0 saturated carbocycles. The Morgan fingerprint density at radius 1 is 1.24 bits per heavy atom. The molecule has 0 aliphatic rings. The molecule has 7 nitrogen and oxygen atoms in total. The second-order valence-corrected chi connectivity index (χ2v) is 5.73. The quantitative estimate of drug-likeness (QED) is 0.721. The summed E-state index contributed by atoms with van der Waals surface area (Å²) >= 11 is 0. The number of hydrogen-bond donors (Lipinski definition) is 2. The summed E-state index contributed by atoms with van der Waals surface area (Å²) in [6.45, 7) is 1.98. The van der Waals surface area contributed by atoms with Crippen LogP contribution < -0.4 is 10.1 Å². The van der Waals surface area contributed by atoms with Gasteiger partial charge in [-0.25, -0.2) is 0 Å².